The Balaban J connectivity index is 3.92. The Morgan fingerprint density at radius 3 is 2.57 bits per heavy atom. The van der Waals surface area contributed by atoms with Crippen LogP contribution in [0.2, 0.25) is 0 Å². The van der Waals surface area contributed by atoms with E-state index in [1.807, 2.05) is 0 Å². The minimum Gasteiger partial charge on any atom is -0.464 e. The van der Waals surface area contributed by atoms with Crippen molar-refractivity contribution in [2.24, 2.45) is 5.73 Å². The van der Waals surface area contributed by atoms with E-state index in [2.05, 4.69) is 10.1 Å². The summed E-state index contributed by atoms with van der Waals surface area (Å²) in [6, 6.07) is -1.33. The Hall–Kier alpha value is -1.14. The van der Waals surface area contributed by atoms with E-state index in [1.54, 1.807) is 6.92 Å². The fourth-order valence-electron chi connectivity index (χ4n) is 0.697. The van der Waals surface area contributed by atoms with Crippen molar-refractivity contribution >= 4 is 11.9 Å². The van der Waals surface area contributed by atoms with E-state index >= 15 is 0 Å². The summed E-state index contributed by atoms with van der Waals surface area (Å²) in [7, 11) is 0. The molecule has 0 saturated heterocycles. The molecule has 0 fully saturated rings. The second-order valence-corrected chi connectivity index (χ2v) is 2.82. The Kier molecular flexibility index (Phi) is 5.82. The number of amides is 1. The summed E-state index contributed by atoms with van der Waals surface area (Å²) in [4.78, 5) is 22.1. The molecule has 0 aromatic carbocycles. The van der Waals surface area contributed by atoms with Crippen molar-refractivity contribution in [1.29, 1.82) is 0 Å². The molecule has 2 unspecified atom stereocenters. The molecule has 0 saturated carbocycles. The Labute approximate surface area is 82.4 Å². The van der Waals surface area contributed by atoms with E-state index in [0.717, 1.165) is 0 Å². The monoisotopic (exact) mass is 204 g/mol. The molecular formula is C8H16N2O4. The van der Waals surface area contributed by atoms with E-state index in [9.17, 15) is 9.59 Å². The van der Waals surface area contributed by atoms with Gasteiger partial charge in [-0.05, 0) is 13.8 Å². The number of carbonyl (C=O) groups excluding carboxylic acids is 2. The summed E-state index contributed by atoms with van der Waals surface area (Å²) in [5.41, 5.74) is 5.26. The lowest BCUT2D eigenvalue weighted by Gasteiger charge is -2.11. The van der Waals surface area contributed by atoms with Gasteiger partial charge in [-0.2, -0.15) is 0 Å². The van der Waals surface area contributed by atoms with E-state index < -0.39 is 24.0 Å². The highest BCUT2D eigenvalue weighted by molar-refractivity contribution is 6.01. The maximum absolute atomic E-state index is 11.1. The molecule has 2 atom stereocenters. The van der Waals surface area contributed by atoms with Crippen LogP contribution in [0.5, 0.6) is 0 Å². The molecule has 0 aromatic heterocycles. The van der Waals surface area contributed by atoms with Crippen molar-refractivity contribution in [2.45, 2.75) is 26.0 Å². The van der Waals surface area contributed by atoms with Crippen LogP contribution in [-0.4, -0.2) is 42.3 Å². The van der Waals surface area contributed by atoms with Crippen LogP contribution in [0.1, 0.15) is 13.8 Å². The molecule has 82 valence electrons. The number of nitrogens with one attached hydrogen (secondary N) is 1. The zero-order valence-corrected chi connectivity index (χ0v) is 8.32. The quantitative estimate of drug-likeness (QED) is 0.369. The summed E-state index contributed by atoms with van der Waals surface area (Å²) in [5.74, 6) is -1.42. The van der Waals surface area contributed by atoms with Crippen molar-refractivity contribution < 1.29 is 19.4 Å². The lowest BCUT2D eigenvalue weighted by Crippen LogP contribution is -2.48. The fraction of sp³-hybridized carbons (Fsp3) is 0.750. The third kappa shape index (κ3) is 4.78. The van der Waals surface area contributed by atoms with Gasteiger partial charge in [0.05, 0.1) is 12.7 Å². The van der Waals surface area contributed by atoms with Crippen molar-refractivity contribution in [3.05, 3.63) is 0 Å². The molecule has 0 aliphatic heterocycles. The van der Waals surface area contributed by atoms with Crippen molar-refractivity contribution in [2.75, 3.05) is 13.2 Å². The summed E-state index contributed by atoms with van der Waals surface area (Å²) >= 11 is 0. The predicted octanol–water partition coefficient (Wildman–Crippen LogP) is -1.63. The first-order valence-corrected chi connectivity index (χ1v) is 4.37. The Morgan fingerprint density at radius 2 is 2.14 bits per heavy atom. The number of nitrogens with two attached hydrogens (primary N) is 1. The number of aliphatic hydroxyl groups excluding tert-OH is 1. The number of carbonyl (C=O) groups is 2. The van der Waals surface area contributed by atoms with Crippen LogP contribution in [0, 0.1) is 0 Å². The fourth-order valence-corrected chi connectivity index (χ4v) is 0.697. The summed E-state index contributed by atoms with van der Waals surface area (Å²) in [6.45, 7) is 3.37. The average molecular weight is 204 g/mol. The van der Waals surface area contributed by atoms with Crippen LogP contribution in [0.4, 0.5) is 0 Å². The highest BCUT2D eigenvalue weighted by Crippen LogP contribution is 1.86. The van der Waals surface area contributed by atoms with Crippen LogP contribution < -0.4 is 11.1 Å². The first kappa shape index (κ1) is 12.9. The van der Waals surface area contributed by atoms with Crippen molar-refractivity contribution in [3.63, 3.8) is 0 Å². The topological polar surface area (TPSA) is 102 Å². The number of hydrogen-bond acceptors (Lipinski definition) is 5. The van der Waals surface area contributed by atoms with Crippen LogP contribution in [0.25, 0.3) is 0 Å². The Bertz CT molecular complexity index is 206. The smallest absolute Gasteiger partial charge is 0.332 e. The van der Waals surface area contributed by atoms with Crippen molar-refractivity contribution in [1.82, 2.24) is 5.32 Å². The second-order valence-electron chi connectivity index (χ2n) is 2.82. The van der Waals surface area contributed by atoms with E-state index in [4.69, 9.17) is 10.8 Å². The van der Waals surface area contributed by atoms with Gasteiger partial charge in [0, 0.05) is 6.54 Å². The van der Waals surface area contributed by atoms with E-state index in [0.29, 0.717) is 0 Å². The van der Waals surface area contributed by atoms with Gasteiger partial charge in [-0.3, -0.25) is 4.79 Å². The van der Waals surface area contributed by atoms with Crippen LogP contribution in [-0.2, 0) is 14.3 Å². The molecule has 0 aromatic rings. The third-order valence-electron chi connectivity index (χ3n) is 1.39. The number of ether oxygens (including phenoxy) is 1. The largest absolute Gasteiger partial charge is 0.464 e. The number of hydrogen-bond donors (Lipinski definition) is 3. The molecule has 14 heavy (non-hydrogen) atoms. The van der Waals surface area contributed by atoms with E-state index in [-0.39, 0.29) is 13.2 Å². The average Bonchev–Trinajstić information content (AvgIpc) is 2.13. The van der Waals surface area contributed by atoms with Gasteiger partial charge in [-0.15, -0.1) is 0 Å². The molecule has 6 heteroatoms. The minimum atomic E-state index is -1.33. The van der Waals surface area contributed by atoms with Gasteiger partial charge in [-0.1, -0.05) is 0 Å². The number of esters is 1. The molecule has 4 N–H and O–H groups in total. The lowest BCUT2D eigenvalue weighted by atomic mass is 10.3. The molecule has 1 amide bonds. The molecule has 0 aliphatic carbocycles. The minimum absolute atomic E-state index is 0.0614. The molecule has 0 rings (SSSR count). The van der Waals surface area contributed by atoms with Gasteiger partial charge in [0.25, 0.3) is 0 Å². The summed E-state index contributed by atoms with van der Waals surface area (Å²) in [5, 5.41) is 11.2. The standard InChI is InChI=1S/C8H16N2O4/c1-3-14-8(13)6(9)7(12)10-4-5(2)11/h5-6,11H,3-4,9H2,1-2H3,(H,10,12). The Morgan fingerprint density at radius 1 is 1.57 bits per heavy atom. The molecule has 0 bridgehead atoms. The van der Waals surface area contributed by atoms with Gasteiger partial charge in [0.2, 0.25) is 5.91 Å². The number of rotatable bonds is 5. The van der Waals surface area contributed by atoms with Crippen LogP contribution in [0.3, 0.4) is 0 Å². The predicted molar refractivity (Wildman–Crippen MR) is 49.3 cm³/mol. The normalized spacial score (nSPS) is 14.3. The van der Waals surface area contributed by atoms with E-state index in [1.165, 1.54) is 6.92 Å². The van der Waals surface area contributed by atoms with Crippen LogP contribution in [0.15, 0.2) is 0 Å². The molecule has 0 heterocycles. The van der Waals surface area contributed by atoms with Crippen molar-refractivity contribution in [3.8, 4) is 0 Å². The van der Waals surface area contributed by atoms with Gasteiger partial charge < -0.3 is 20.9 Å². The zero-order valence-electron chi connectivity index (χ0n) is 8.32. The molecule has 6 nitrogen and oxygen atoms in total. The molecular weight excluding hydrogens is 188 g/mol. The molecule has 0 radical (unpaired) electrons. The maximum atomic E-state index is 11.1. The zero-order chi connectivity index (χ0) is 11.1. The molecule has 0 aliphatic rings. The highest BCUT2D eigenvalue weighted by Gasteiger charge is 2.22. The van der Waals surface area contributed by atoms with Gasteiger partial charge in [-0.25, -0.2) is 4.79 Å². The lowest BCUT2D eigenvalue weighted by molar-refractivity contribution is -0.148. The SMILES string of the molecule is CCOC(=O)C(N)C(=O)NCC(C)O. The van der Waals surface area contributed by atoms with Gasteiger partial charge >= 0.3 is 5.97 Å². The van der Waals surface area contributed by atoms with Crippen LogP contribution >= 0.6 is 0 Å². The molecule has 0 spiro atoms. The maximum Gasteiger partial charge on any atom is 0.332 e. The second kappa shape index (κ2) is 6.33. The first-order chi connectivity index (χ1) is 6.49. The summed E-state index contributed by atoms with van der Waals surface area (Å²) < 4.78 is 4.54. The third-order valence-corrected chi connectivity index (χ3v) is 1.39. The number of aliphatic hydroxyl groups is 1. The van der Waals surface area contributed by atoms with Gasteiger partial charge in [0.1, 0.15) is 0 Å². The van der Waals surface area contributed by atoms with Gasteiger partial charge in [0.15, 0.2) is 6.04 Å². The highest BCUT2D eigenvalue weighted by atomic mass is 16.5. The first-order valence-electron chi connectivity index (χ1n) is 4.37. The summed E-state index contributed by atoms with van der Waals surface area (Å²) in [6.07, 6.45) is -0.673.